The SMILES string of the molecule is CCOC(=O)c1ccc(OCCC(C)N2CCN(c3nc(C(C)C)no3)CC2)c(F)c1. The van der Waals surface area contributed by atoms with E-state index in [0.29, 0.717) is 12.6 Å². The zero-order valence-corrected chi connectivity index (χ0v) is 18.6. The summed E-state index contributed by atoms with van der Waals surface area (Å²) in [5.74, 6) is 0.00622. The molecule has 31 heavy (non-hydrogen) atoms. The van der Waals surface area contributed by atoms with E-state index in [0.717, 1.165) is 44.5 Å². The molecule has 0 spiro atoms. The third-order valence-electron chi connectivity index (χ3n) is 5.39. The fraction of sp³-hybridized carbons (Fsp3) is 0.591. The van der Waals surface area contributed by atoms with Gasteiger partial charge in [0, 0.05) is 38.1 Å². The number of rotatable bonds is 9. The van der Waals surface area contributed by atoms with Crippen molar-refractivity contribution >= 4 is 12.0 Å². The lowest BCUT2D eigenvalue weighted by Crippen LogP contribution is -2.50. The third-order valence-corrected chi connectivity index (χ3v) is 5.39. The Bertz CT molecular complexity index is 865. The fourth-order valence-electron chi connectivity index (χ4n) is 3.42. The van der Waals surface area contributed by atoms with Gasteiger partial charge in [0.05, 0.1) is 18.8 Å². The molecule has 2 aromatic rings. The highest BCUT2D eigenvalue weighted by Gasteiger charge is 2.24. The Kier molecular flexibility index (Phi) is 7.84. The van der Waals surface area contributed by atoms with Crippen molar-refractivity contribution < 1.29 is 23.2 Å². The number of hydrogen-bond donors (Lipinski definition) is 0. The van der Waals surface area contributed by atoms with Crippen molar-refractivity contribution in [3.05, 3.63) is 35.4 Å². The maximum absolute atomic E-state index is 14.2. The first-order valence-corrected chi connectivity index (χ1v) is 10.8. The maximum Gasteiger partial charge on any atom is 0.338 e. The van der Waals surface area contributed by atoms with Gasteiger partial charge < -0.3 is 18.9 Å². The zero-order chi connectivity index (χ0) is 22.4. The molecule has 0 radical (unpaired) electrons. The second kappa shape index (κ2) is 10.6. The third kappa shape index (κ3) is 5.94. The number of halogens is 1. The first-order chi connectivity index (χ1) is 14.9. The summed E-state index contributed by atoms with van der Waals surface area (Å²) in [4.78, 5) is 20.6. The summed E-state index contributed by atoms with van der Waals surface area (Å²) in [5, 5.41) is 4.03. The number of aromatic nitrogens is 2. The molecule has 3 rings (SSSR count). The van der Waals surface area contributed by atoms with Crippen LogP contribution < -0.4 is 9.64 Å². The molecule has 1 aliphatic rings. The van der Waals surface area contributed by atoms with Crippen molar-refractivity contribution in [2.75, 3.05) is 44.3 Å². The Morgan fingerprint density at radius 1 is 1.23 bits per heavy atom. The van der Waals surface area contributed by atoms with Crippen LogP contribution in [0.2, 0.25) is 0 Å². The second-order valence-electron chi connectivity index (χ2n) is 7.96. The Balaban J connectivity index is 1.43. The van der Waals surface area contributed by atoms with E-state index in [9.17, 15) is 9.18 Å². The van der Waals surface area contributed by atoms with E-state index in [4.69, 9.17) is 14.0 Å². The molecule has 1 aromatic heterocycles. The van der Waals surface area contributed by atoms with Crippen LogP contribution in [0, 0.1) is 5.82 Å². The molecule has 1 saturated heterocycles. The summed E-state index contributed by atoms with van der Waals surface area (Å²) >= 11 is 0. The van der Waals surface area contributed by atoms with Gasteiger partial charge in [0.15, 0.2) is 17.4 Å². The van der Waals surface area contributed by atoms with E-state index in [1.165, 1.54) is 12.1 Å². The van der Waals surface area contributed by atoms with Crippen LogP contribution in [0.1, 0.15) is 56.2 Å². The number of benzene rings is 1. The summed E-state index contributed by atoms with van der Waals surface area (Å²) in [6, 6.07) is 5.01. The summed E-state index contributed by atoms with van der Waals surface area (Å²) < 4.78 is 30.1. The number of hydrogen-bond acceptors (Lipinski definition) is 8. The van der Waals surface area contributed by atoms with Gasteiger partial charge in [-0.1, -0.05) is 19.0 Å². The number of carbonyl (C=O) groups is 1. The normalized spacial score (nSPS) is 15.9. The Morgan fingerprint density at radius 2 is 1.97 bits per heavy atom. The Hall–Kier alpha value is -2.68. The number of anilines is 1. The molecule has 1 aliphatic heterocycles. The highest BCUT2D eigenvalue weighted by molar-refractivity contribution is 5.89. The van der Waals surface area contributed by atoms with E-state index >= 15 is 0 Å². The van der Waals surface area contributed by atoms with Gasteiger partial charge in [-0.2, -0.15) is 4.98 Å². The molecule has 8 nitrogen and oxygen atoms in total. The lowest BCUT2D eigenvalue weighted by atomic mass is 10.2. The van der Waals surface area contributed by atoms with Crippen molar-refractivity contribution in [1.82, 2.24) is 15.0 Å². The van der Waals surface area contributed by atoms with Gasteiger partial charge >= 0.3 is 12.0 Å². The lowest BCUT2D eigenvalue weighted by molar-refractivity contribution is 0.0525. The van der Waals surface area contributed by atoms with Crippen LogP contribution in [0.3, 0.4) is 0 Å². The monoisotopic (exact) mass is 434 g/mol. The average molecular weight is 435 g/mol. The maximum atomic E-state index is 14.2. The standard InChI is InChI=1S/C22H31FN4O4/c1-5-29-21(28)17-6-7-19(18(23)14-17)30-13-8-16(4)26-9-11-27(12-10-26)22-24-20(15(2)3)25-31-22/h6-7,14-16H,5,8-13H2,1-4H3. The van der Waals surface area contributed by atoms with Gasteiger partial charge in [0.2, 0.25) is 0 Å². The molecule has 170 valence electrons. The molecule has 0 saturated carbocycles. The molecule has 1 aromatic carbocycles. The van der Waals surface area contributed by atoms with Crippen molar-refractivity contribution in [3.8, 4) is 5.75 Å². The van der Waals surface area contributed by atoms with Crippen molar-refractivity contribution in [2.45, 2.75) is 46.1 Å². The first kappa shape index (κ1) is 23.0. The van der Waals surface area contributed by atoms with Gasteiger partial charge in [0.1, 0.15) is 0 Å². The average Bonchev–Trinajstić information content (AvgIpc) is 3.26. The van der Waals surface area contributed by atoms with Crippen molar-refractivity contribution in [1.29, 1.82) is 0 Å². The van der Waals surface area contributed by atoms with Gasteiger partial charge in [-0.15, -0.1) is 0 Å². The predicted molar refractivity (Wildman–Crippen MR) is 114 cm³/mol. The van der Waals surface area contributed by atoms with E-state index in [2.05, 4.69) is 26.9 Å². The summed E-state index contributed by atoms with van der Waals surface area (Å²) in [5.41, 5.74) is 0.180. The molecule has 2 heterocycles. The fourth-order valence-corrected chi connectivity index (χ4v) is 3.42. The number of carbonyl (C=O) groups excluding carboxylic acids is 1. The quantitative estimate of drug-likeness (QED) is 0.555. The van der Waals surface area contributed by atoms with E-state index < -0.39 is 11.8 Å². The minimum absolute atomic E-state index is 0.141. The van der Waals surface area contributed by atoms with Gasteiger partial charge in [-0.05, 0) is 38.5 Å². The molecule has 0 N–H and O–H groups in total. The Morgan fingerprint density at radius 3 is 2.58 bits per heavy atom. The topological polar surface area (TPSA) is 80.9 Å². The first-order valence-electron chi connectivity index (χ1n) is 10.8. The highest BCUT2D eigenvalue weighted by Crippen LogP contribution is 2.21. The van der Waals surface area contributed by atoms with Crippen molar-refractivity contribution in [3.63, 3.8) is 0 Å². The van der Waals surface area contributed by atoms with Gasteiger partial charge in [-0.25, -0.2) is 9.18 Å². The molecule has 1 fully saturated rings. The number of piperazine rings is 1. The van der Waals surface area contributed by atoms with Crippen LogP contribution in [0.4, 0.5) is 10.4 Å². The minimum atomic E-state index is -0.563. The minimum Gasteiger partial charge on any atom is -0.490 e. The smallest absolute Gasteiger partial charge is 0.338 e. The molecular weight excluding hydrogens is 403 g/mol. The van der Waals surface area contributed by atoms with E-state index in [1.54, 1.807) is 6.92 Å². The molecule has 0 bridgehead atoms. The van der Waals surface area contributed by atoms with Crippen LogP contribution in [-0.2, 0) is 4.74 Å². The van der Waals surface area contributed by atoms with Crippen LogP contribution in [0.15, 0.2) is 22.7 Å². The van der Waals surface area contributed by atoms with Crippen molar-refractivity contribution in [2.24, 2.45) is 0 Å². The van der Waals surface area contributed by atoms with Gasteiger partial charge in [-0.3, -0.25) is 4.90 Å². The molecule has 9 heteroatoms. The number of ether oxygens (including phenoxy) is 2. The van der Waals surface area contributed by atoms with E-state index in [1.807, 2.05) is 13.8 Å². The number of nitrogens with zero attached hydrogens (tertiary/aromatic N) is 4. The van der Waals surface area contributed by atoms with Crippen LogP contribution in [-0.4, -0.2) is 66.4 Å². The van der Waals surface area contributed by atoms with Crippen LogP contribution in [0.25, 0.3) is 0 Å². The van der Waals surface area contributed by atoms with Gasteiger partial charge in [0.25, 0.3) is 0 Å². The zero-order valence-electron chi connectivity index (χ0n) is 18.6. The lowest BCUT2D eigenvalue weighted by Gasteiger charge is -2.37. The molecular formula is C22H31FN4O4. The second-order valence-corrected chi connectivity index (χ2v) is 7.96. The largest absolute Gasteiger partial charge is 0.490 e. The van der Waals surface area contributed by atoms with Crippen LogP contribution >= 0.6 is 0 Å². The highest BCUT2D eigenvalue weighted by atomic mass is 19.1. The molecule has 0 aliphatic carbocycles. The summed E-state index contributed by atoms with van der Waals surface area (Å²) in [6.07, 6.45) is 0.761. The Labute approximate surface area is 182 Å². The summed E-state index contributed by atoms with van der Waals surface area (Å²) in [6.45, 7) is 11.9. The van der Waals surface area contributed by atoms with Crippen LogP contribution in [0.5, 0.6) is 5.75 Å². The number of esters is 1. The summed E-state index contributed by atoms with van der Waals surface area (Å²) in [7, 11) is 0. The molecule has 1 atom stereocenters. The van der Waals surface area contributed by atoms with E-state index in [-0.39, 0.29) is 29.9 Å². The predicted octanol–water partition coefficient (Wildman–Crippen LogP) is 3.49. The molecule has 0 amide bonds. The molecule has 1 unspecified atom stereocenters.